The van der Waals surface area contributed by atoms with Crippen molar-refractivity contribution in [2.45, 2.75) is 6.92 Å². The maximum Gasteiger partial charge on any atom is 0.224 e. The minimum absolute atomic E-state index is 0.0386. The maximum atomic E-state index is 10.8. The lowest BCUT2D eigenvalue weighted by atomic mass is 10.6. The molecule has 1 rings (SSSR count). The SMILES string of the molecule is CC(=O)N1CCSC1=S=O. The van der Waals surface area contributed by atoms with Crippen molar-refractivity contribution in [2.24, 2.45) is 0 Å². The molecule has 56 valence electrons. The van der Waals surface area contributed by atoms with E-state index in [4.69, 9.17) is 0 Å². The molecule has 0 bridgehead atoms. The fourth-order valence-corrected chi connectivity index (χ4v) is 2.32. The van der Waals surface area contributed by atoms with Crippen LogP contribution in [-0.2, 0) is 16.1 Å². The Morgan fingerprint density at radius 2 is 2.50 bits per heavy atom. The first kappa shape index (κ1) is 7.81. The first-order valence-electron chi connectivity index (χ1n) is 2.83. The first-order chi connectivity index (χ1) is 4.75. The van der Waals surface area contributed by atoms with Crippen LogP contribution in [0.2, 0.25) is 0 Å². The van der Waals surface area contributed by atoms with Crippen LogP contribution in [0.1, 0.15) is 6.92 Å². The molecule has 1 aliphatic rings. The second-order valence-electron chi connectivity index (χ2n) is 1.87. The molecule has 1 fully saturated rings. The van der Waals surface area contributed by atoms with Gasteiger partial charge in [-0.2, -0.15) is 0 Å². The standard InChI is InChI=1S/C5H7NO2S2/c1-4(7)6-2-3-9-5(6)10-8/h2-3H2,1H3. The molecule has 0 unspecified atom stereocenters. The monoisotopic (exact) mass is 177 g/mol. The van der Waals surface area contributed by atoms with Gasteiger partial charge in [0.1, 0.15) is 11.3 Å². The van der Waals surface area contributed by atoms with Crippen LogP contribution in [0.3, 0.4) is 0 Å². The molecule has 10 heavy (non-hydrogen) atoms. The zero-order chi connectivity index (χ0) is 7.56. The number of rotatable bonds is 0. The van der Waals surface area contributed by atoms with Crippen molar-refractivity contribution in [3.05, 3.63) is 0 Å². The lowest BCUT2D eigenvalue weighted by Gasteiger charge is -2.09. The van der Waals surface area contributed by atoms with Crippen molar-refractivity contribution in [1.82, 2.24) is 4.90 Å². The van der Waals surface area contributed by atoms with Gasteiger partial charge in [-0.05, 0) is 0 Å². The molecule has 5 heteroatoms. The van der Waals surface area contributed by atoms with E-state index in [9.17, 15) is 9.00 Å². The molecule has 1 heterocycles. The van der Waals surface area contributed by atoms with Gasteiger partial charge >= 0.3 is 0 Å². The Labute approximate surface area is 66.8 Å². The van der Waals surface area contributed by atoms with Gasteiger partial charge in [0, 0.05) is 19.2 Å². The van der Waals surface area contributed by atoms with Crippen LogP contribution in [0.4, 0.5) is 0 Å². The van der Waals surface area contributed by atoms with Crippen molar-refractivity contribution in [3.63, 3.8) is 0 Å². The lowest BCUT2D eigenvalue weighted by molar-refractivity contribution is -0.124. The number of amides is 1. The van der Waals surface area contributed by atoms with E-state index in [0.29, 0.717) is 22.1 Å². The van der Waals surface area contributed by atoms with Gasteiger partial charge in [-0.1, -0.05) is 11.8 Å². The van der Waals surface area contributed by atoms with Crippen molar-refractivity contribution < 1.29 is 9.00 Å². The minimum atomic E-state index is -0.0386. The van der Waals surface area contributed by atoms with Crippen LogP contribution in [0, 0.1) is 0 Å². The normalized spacial score (nSPS) is 17.7. The number of carbonyl (C=O) groups excluding carboxylic acids is 1. The summed E-state index contributed by atoms with van der Waals surface area (Å²) in [5, 5.41) is 0. The van der Waals surface area contributed by atoms with Crippen LogP contribution in [0.15, 0.2) is 0 Å². The molecule has 0 aliphatic carbocycles. The van der Waals surface area contributed by atoms with E-state index in [-0.39, 0.29) is 5.91 Å². The van der Waals surface area contributed by atoms with Gasteiger partial charge < -0.3 is 0 Å². The van der Waals surface area contributed by atoms with Crippen LogP contribution in [-0.4, -0.2) is 31.6 Å². The number of nitrogens with zero attached hydrogens (tertiary/aromatic N) is 1. The van der Waals surface area contributed by atoms with Gasteiger partial charge in [0.2, 0.25) is 5.91 Å². The Hall–Kier alpha value is -0.290. The van der Waals surface area contributed by atoms with Gasteiger partial charge in [0.05, 0.1) is 0 Å². The molecule has 0 spiro atoms. The second kappa shape index (κ2) is 3.21. The Morgan fingerprint density at radius 3 is 2.90 bits per heavy atom. The van der Waals surface area contributed by atoms with E-state index in [1.807, 2.05) is 0 Å². The summed E-state index contributed by atoms with van der Waals surface area (Å²) in [5.41, 5.74) is 0. The van der Waals surface area contributed by atoms with E-state index >= 15 is 0 Å². The van der Waals surface area contributed by atoms with E-state index in [1.54, 1.807) is 0 Å². The van der Waals surface area contributed by atoms with Crippen LogP contribution in [0.25, 0.3) is 0 Å². The summed E-state index contributed by atoms with van der Waals surface area (Å²) < 4.78 is 10.9. The number of carbonyl (C=O) groups is 1. The van der Waals surface area contributed by atoms with Gasteiger partial charge in [0.25, 0.3) is 0 Å². The maximum absolute atomic E-state index is 10.8. The van der Waals surface area contributed by atoms with Gasteiger partial charge in [-0.15, -0.1) is 0 Å². The molecule has 1 saturated heterocycles. The molecule has 3 nitrogen and oxygen atoms in total. The Kier molecular flexibility index (Phi) is 2.50. The van der Waals surface area contributed by atoms with E-state index in [0.717, 1.165) is 5.75 Å². The largest absolute Gasteiger partial charge is 0.295 e. The summed E-state index contributed by atoms with van der Waals surface area (Å²) in [7, 11) is 0. The molecular formula is C5H7NO2S2. The predicted molar refractivity (Wildman–Crippen MR) is 43.0 cm³/mol. The van der Waals surface area contributed by atoms with E-state index in [1.165, 1.54) is 23.6 Å². The fraction of sp³-hybridized carbons (Fsp3) is 0.600. The minimum Gasteiger partial charge on any atom is -0.295 e. The summed E-state index contributed by atoms with van der Waals surface area (Å²) in [6.45, 7) is 2.16. The average molecular weight is 177 g/mol. The second-order valence-corrected chi connectivity index (χ2v) is 3.76. The van der Waals surface area contributed by atoms with E-state index < -0.39 is 0 Å². The summed E-state index contributed by atoms with van der Waals surface area (Å²) in [4.78, 5) is 12.3. The van der Waals surface area contributed by atoms with Gasteiger partial charge in [-0.25, -0.2) is 4.21 Å². The zero-order valence-corrected chi connectivity index (χ0v) is 7.13. The number of hydrogen-bond acceptors (Lipinski definition) is 3. The molecule has 0 aromatic rings. The molecule has 0 N–H and O–H groups in total. The highest BCUT2D eigenvalue weighted by molar-refractivity contribution is 8.21. The molecule has 0 atom stereocenters. The number of hydrogen-bond donors (Lipinski definition) is 0. The van der Waals surface area contributed by atoms with E-state index in [2.05, 4.69) is 0 Å². The lowest BCUT2D eigenvalue weighted by Crippen LogP contribution is -2.28. The Balaban J connectivity index is 2.78. The van der Waals surface area contributed by atoms with Crippen LogP contribution in [0.5, 0.6) is 0 Å². The number of thioether (sulfide) groups is 1. The van der Waals surface area contributed by atoms with Gasteiger partial charge in [0.15, 0.2) is 4.32 Å². The quantitative estimate of drug-likeness (QED) is 0.484. The highest BCUT2D eigenvalue weighted by Gasteiger charge is 2.21. The first-order valence-corrected chi connectivity index (χ1v) is 4.56. The highest BCUT2D eigenvalue weighted by atomic mass is 32.2. The third-order valence-corrected chi connectivity index (χ3v) is 2.99. The topological polar surface area (TPSA) is 37.4 Å². The molecule has 0 aromatic carbocycles. The Morgan fingerprint density at radius 1 is 1.80 bits per heavy atom. The predicted octanol–water partition coefficient (Wildman–Crippen LogP) is -0.118. The molecule has 0 radical (unpaired) electrons. The van der Waals surface area contributed by atoms with Crippen LogP contribution >= 0.6 is 11.8 Å². The Bertz CT molecular complexity index is 210. The molecule has 1 aliphatic heterocycles. The molecule has 0 saturated carbocycles. The molecular weight excluding hydrogens is 170 g/mol. The zero-order valence-electron chi connectivity index (χ0n) is 5.49. The van der Waals surface area contributed by atoms with Crippen LogP contribution < -0.4 is 0 Å². The van der Waals surface area contributed by atoms with Crippen molar-refractivity contribution >= 4 is 33.2 Å². The average Bonchev–Trinajstić information content (AvgIpc) is 2.33. The summed E-state index contributed by atoms with van der Waals surface area (Å²) >= 11 is 1.85. The summed E-state index contributed by atoms with van der Waals surface area (Å²) in [6, 6.07) is 0. The van der Waals surface area contributed by atoms with Crippen molar-refractivity contribution in [1.29, 1.82) is 0 Å². The van der Waals surface area contributed by atoms with Crippen molar-refractivity contribution in [2.75, 3.05) is 12.3 Å². The van der Waals surface area contributed by atoms with Gasteiger partial charge in [-0.3, -0.25) is 9.69 Å². The third kappa shape index (κ3) is 1.41. The van der Waals surface area contributed by atoms with Crippen molar-refractivity contribution in [3.8, 4) is 0 Å². The molecule has 0 aromatic heterocycles. The third-order valence-electron chi connectivity index (χ3n) is 1.21. The molecule has 1 amide bonds. The fourth-order valence-electron chi connectivity index (χ4n) is 0.748. The highest BCUT2D eigenvalue weighted by Crippen LogP contribution is 2.15. The summed E-state index contributed by atoms with van der Waals surface area (Å²) in [5.74, 6) is 0.813. The smallest absolute Gasteiger partial charge is 0.224 e. The summed E-state index contributed by atoms with van der Waals surface area (Å²) in [6.07, 6.45) is 0.